The number of carbonyl (C=O) groups is 2. The quantitative estimate of drug-likeness (QED) is 0.389. The lowest BCUT2D eigenvalue weighted by atomic mass is 10.1. The molecule has 0 bridgehead atoms. The van der Waals surface area contributed by atoms with Crippen molar-refractivity contribution < 1.29 is 33.5 Å². The number of rotatable bonds is 8. The third-order valence-electron chi connectivity index (χ3n) is 3.69. The second kappa shape index (κ2) is 9.60. The Hall–Kier alpha value is -3.53. The zero-order valence-corrected chi connectivity index (χ0v) is 16.4. The van der Waals surface area contributed by atoms with E-state index in [0.29, 0.717) is 5.75 Å². The van der Waals surface area contributed by atoms with Gasteiger partial charge in [0.05, 0.1) is 37.0 Å². The van der Waals surface area contributed by atoms with Crippen LogP contribution in [-0.4, -0.2) is 44.7 Å². The third kappa shape index (κ3) is 5.05. The van der Waals surface area contributed by atoms with Crippen LogP contribution in [0.15, 0.2) is 30.3 Å². The number of nitro benzene ring substituents is 1. The lowest BCUT2D eigenvalue weighted by molar-refractivity contribution is -0.384. The standard InChI is InChI=1S/C18H17ClN2O8/c1-26-14-7-5-11(16(27-2)17(14)28-3)18(23)29-9-15(22)20-13-8-10(21(24)25)4-6-12(13)19/h4-8H,9H2,1-3H3,(H,20,22). The van der Waals surface area contributed by atoms with Gasteiger partial charge in [-0.15, -0.1) is 0 Å². The molecule has 0 aromatic heterocycles. The molecule has 0 aliphatic heterocycles. The first kappa shape index (κ1) is 21.8. The summed E-state index contributed by atoms with van der Waals surface area (Å²) >= 11 is 5.92. The maximum atomic E-state index is 12.4. The highest BCUT2D eigenvalue weighted by Crippen LogP contribution is 2.40. The Morgan fingerprint density at radius 2 is 1.76 bits per heavy atom. The minimum atomic E-state index is -0.844. The van der Waals surface area contributed by atoms with E-state index >= 15 is 0 Å². The van der Waals surface area contributed by atoms with E-state index < -0.39 is 23.4 Å². The fourth-order valence-electron chi connectivity index (χ4n) is 2.38. The van der Waals surface area contributed by atoms with E-state index in [1.165, 1.54) is 45.6 Å². The average Bonchev–Trinajstić information content (AvgIpc) is 2.71. The average molecular weight is 425 g/mol. The number of hydrogen-bond donors (Lipinski definition) is 1. The molecule has 2 rings (SSSR count). The SMILES string of the molecule is COc1ccc(C(=O)OCC(=O)Nc2cc([N+](=O)[O-])ccc2Cl)c(OC)c1OC. The zero-order chi connectivity index (χ0) is 21.6. The first-order valence-corrected chi connectivity index (χ1v) is 8.40. The smallest absolute Gasteiger partial charge is 0.342 e. The van der Waals surface area contributed by atoms with E-state index in [4.69, 9.17) is 30.5 Å². The number of amides is 1. The minimum absolute atomic E-state index is 0.0191. The number of nitrogens with one attached hydrogen (secondary N) is 1. The van der Waals surface area contributed by atoms with Gasteiger partial charge in [-0.25, -0.2) is 4.79 Å². The van der Waals surface area contributed by atoms with E-state index in [1.54, 1.807) is 0 Å². The summed E-state index contributed by atoms with van der Waals surface area (Å²) in [4.78, 5) is 34.6. The topological polar surface area (TPSA) is 126 Å². The van der Waals surface area contributed by atoms with Gasteiger partial charge >= 0.3 is 5.97 Å². The normalized spacial score (nSPS) is 10.1. The Labute approximate surface area is 170 Å². The summed E-state index contributed by atoms with van der Waals surface area (Å²) in [5, 5.41) is 13.3. The summed E-state index contributed by atoms with van der Waals surface area (Å²) in [5.41, 5.74) is -0.214. The summed E-state index contributed by atoms with van der Waals surface area (Å²) in [5.74, 6) is -0.960. The Morgan fingerprint density at radius 3 is 2.34 bits per heavy atom. The van der Waals surface area contributed by atoms with Crippen LogP contribution in [-0.2, 0) is 9.53 Å². The number of carbonyl (C=O) groups excluding carboxylic acids is 2. The second-order valence-electron chi connectivity index (χ2n) is 5.43. The molecule has 0 heterocycles. The molecule has 0 aliphatic carbocycles. The number of anilines is 1. The molecule has 0 unspecified atom stereocenters. The number of halogens is 1. The van der Waals surface area contributed by atoms with Crippen LogP contribution in [0.25, 0.3) is 0 Å². The molecule has 11 heteroatoms. The Balaban J connectivity index is 2.11. The van der Waals surface area contributed by atoms with Crippen molar-refractivity contribution in [3.05, 3.63) is 51.0 Å². The Morgan fingerprint density at radius 1 is 1.07 bits per heavy atom. The van der Waals surface area contributed by atoms with E-state index in [-0.39, 0.29) is 33.5 Å². The highest BCUT2D eigenvalue weighted by Gasteiger charge is 2.22. The predicted molar refractivity (Wildman–Crippen MR) is 103 cm³/mol. The molecule has 1 N–H and O–H groups in total. The molecule has 0 fully saturated rings. The number of benzene rings is 2. The molecule has 154 valence electrons. The van der Waals surface area contributed by atoms with Crippen molar-refractivity contribution >= 4 is 34.9 Å². The van der Waals surface area contributed by atoms with Gasteiger partial charge in [-0.05, 0) is 18.2 Å². The van der Waals surface area contributed by atoms with Crippen LogP contribution in [0.5, 0.6) is 17.2 Å². The Bertz CT molecular complexity index is 948. The number of nitro groups is 1. The number of non-ortho nitro benzene ring substituents is 1. The van der Waals surface area contributed by atoms with Crippen LogP contribution in [0.2, 0.25) is 5.02 Å². The summed E-state index contributed by atoms with van der Waals surface area (Å²) in [6, 6.07) is 6.45. The monoisotopic (exact) mass is 424 g/mol. The fourth-order valence-corrected chi connectivity index (χ4v) is 2.54. The first-order valence-electron chi connectivity index (χ1n) is 8.02. The van der Waals surface area contributed by atoms with Crippen LogP contribution in [0.4, 0.5) is 11.4 Å². The van der Waals surface area contributed by atoms with Crippen molar-refractivity contribution in [2.24, 2.45) is 0 Å². The molecule has 29 heavy (non-hydrogen) atoms. The van der Waals surface area contributed by atoms with Crippen molar-refractivity contribution in [2.75, 3.05) is 33.3 Å². The van der Waals surface area contributed by atoms with Gasteiger partial charge in [-0.1, -0.05) is 11.6 Å². The molecule has 1 amide bonds. The molecular weight excluding hydrogens is 408 g/mol. The molecule has 0 saturated heterocycles. The van der Waals surface area contributed by atoms with Gasteiger partial charge in [0.1, 0.15) is 5.56 Å². The van der Waals surface area contributed by atoms with Crippen molar-refractivity contribution in [3.8, 4) is 17.2 Å². The third-order valence-corrected chi connectivity index (χ3v) is 4.02. The van der Waals surface area contributed by atoms with Crippen LogP contribution in [0, 0.1) is 10.1 Å². The van der Waals surface area contributed by atoms with Gasteiger partial charge in [0.2, 0.25) is 5.75 Å². The summed E-state index contributed by atoms with van der Waals surface area (Å²) in [6.45, 7) is -0.657. The fraction of sp³-hybridized carbons (Fsp3) is 0.222. The Kier molecular flexibility index (Phi) is 7.21. The van der Waals surface area contributed by atoms with Crippen molar-refractivity contribution in [3.63, 3.8) is 0 Å². The maximum Gasteiger partial charge on any atom is 0.342 e. The molecule has 2 aromatic rings. The lowest BCUT2D eigenvalue weighted by Crippen LogP contribution is -2.21. The van der Waals surface area contributed by atoms with Crippen molar-refractivity contribution in [1.82, 2.24) is 0 Å². The first-order chi connectivity index (χ1) is 13.8. The number of ether oxygens (including phenoxy) is 4. The number of esters is 1. The van der Waals surface area contributed by atoms with Crippen LogP contribution >= 0.6 is 11.6 Å². The van der Waals surface area contributed by atoms with Crippen molar-refractivity contribution in [2.45, 2.75) is 0 Å². The molecular formula is C18H17ClN2O8. The molecule has 0 radical (unpaired) electrons. The van der Waals surface area contributed by atoms with Crippen LogP contribution < -0.4 is 19.5 Å². The van der Waals surface area contributed by atoms with Crippen LogP contribution in [0.3, 0.4) is 0 Å². The van der Waals surface area contributed by atoms with E-state index in [1.807, 2.05) is 0 Å². The van der Waals surface area contributed by atoms with Crippen molar-refractivity contribution in [1.29, 1.82) is 0 Å². The van der Waals surface area contributed by atoms with E-state index in [0.717, 1.165) is 6.07 Å². The molecule has 10 nitrogen and oxygen atoms in total. The van der Waals surface area contributed by atoms with Gasteiger partial charge in [-0.2, -0.15) is 0 Å². The summed E-state index contributed by atoms with van der Waals surface area (Å²) in [7, 11) is 4.15. The number of nitrogens with zero attached hydrogens (tertiary/aromatic N) is 1. The minimum Gasteiger partial charge on any atom is -0.493 e. The van der Waals surface area contributed by atoms with E-state index in [9.17, 15) is 19.7 Å². The molecule has 0 aliphatic rings. The second-order valence-corrected chi connectivity index (χ2v) is 5.83. The summed E-state index contributed by atoms with van der Waals surface area (Å²) in [6.07, 6.45) is 0. The molecule has 0 saturated carbocycles. The van der Waals surface area contributed by atoms with Gasteiger partial charge in [0.15, 0.2) is 18.1 Å². The van der Waals surface area contributed by atoms with Gasteiger partial charge in [0, 0.05) is 12.1 Å². The maximum absolute atomic E-state index is 12.4. The van der Waals surface area contributed by atoms with Gasteiger partial charge in [-0.3, -0.25) is 14.9 Å². The van der Waals surface area contributed by atoms with Gasteiger partial charge in [0.25, 0.3) is 11.6 Å². The number of methoxy groups -OCH3 is 3. The molecule has 0 spiro atoms. The highest BCUT2D eigenvalue weighted by molar-refractivity contribution is 6.33. The largest absolute Gasteiger partial charge is 0.493 e. The predicted octanol–water partition coefficient (Wildman–Crippen LogP) is 3.07. The highest BCUT2D eigenvalue weighted by atomic mass is 35.5. The van der Waals surface area contributed by atoms with E-state index in [2.05, 4.69) is 5.32 Å². The van der Waals surface area contributed by atoms with Gasteiger partial charge < -0.3 is 24.3 Å². The number of hydrogen-bond acceptors (Lipinski definition) is 8. The van der Waals surface area contributed by atoms with Crippen LogP contribution in [0.1, 0.15) is 10.4 Å². The summed E-state index contributed by atoms with van der Waals surface area (Å²) < 4.78 is 20.5. The lowest BCUT2D eigenvalue weighted by Gasteiger charge is -2.15. The molecule has 0 atom stereocenters. The zero-order valence-electron chi connectivity index (χ0n) is 15.7. The molecule has 2 aromatic carbocycles.